The first-order valence-electron chi connectivity index (χ1n) is 7.88. The molecule has 1 fully saturated rings. The molecule has 1 aromatic heterocycles. The molecule has 0 aliphatic carbocycles. The minimum absolute atomic E-state index is 0.0126. The number of carbonyl (C=O) groups excluding carboxylic acids is 2. The Kier molecular flexibility index (Phi) is 5.25. The van der Waals surface area contributed by atoms with Crippen molar-refractivity contribution < 1.29 is 14.0 Å². The number of anilines is 1. The maximum atomic E-state index is 13.1. The molecule has 3 amide bonds. The zero-order chi connectivity index (χ0) is 17.8. The van der Waals surface area contributed by atoms with Gasteiger partial charge in [0, 0.05) is 18.2 Å². The first-order valence-corrected chi connectivity index (χ1v) is 8.69. The number of hydrogen-bond acceptors (Lipinski definition) is 5. The highest BCUT2D eigenvalue weighted by atomic mass is 32.1. The van der Waals surface area contributed by atoms with Crippen molar-refractivity contribution in [3.63, 3.8) is 0 Å². The standard InChI is InChI=1S/C16H18FN5O2S/c17-10-5-3-9(4-6-10)14-21-12(15(25-14)22-16(18)24)13(23)20-11-2-1-7-19-8-11/h3-6,11,19H,1-2,7-8H2,(H,20,23)(H3,18,22,24)/t11-/m0/s1. The van der Waals surface area contributed by atoms with Gasteiger partial charge in [0.05, 0.1) is 0 Å². The molecule has 1 aliphatic heterocycles. The highest BCUT2D eigenvalue weighted by molar-refractivity contribution is 7.19. The molecule has 1 aromatic carbocycles. The lowest BCUT2D eigenvalue weighted by molar-refractivity contribution is 0.0927. The summed E-state index contributed by atoms with van der Waals surface area (Å²) in [7, 11) is 0. The number of hydrogen-bond donors (Lipinski definition) is 4. The van der Waals surface area contributed by atoms with Crippen LogP contribution in [0.2, 0.25) is 0 Å². The zero-order valence-electron chi connectivity index (χ0n) is 13.3. The Morgan fingerprint density at radius 3 is 2.72 bits per heavy atom. The van der Waals surface area contributed by atoms with Gasteiger partial charge in [-0.05, 0) is 43.7 Å². The van der Waals surface area contributed by atoms with Gasteiger partial charge in [-0.25, -0.2) is 14.2 Å². The Labute approximate surface area is 147 Å². The van der Waals surface area contributed by atoms with Gasteiger partial charge in [-0.15, -0.1) is 0 Å². The van der Waals surface area contributed by atoms with Crippen molar-refractivity contribution in [1.82, 2.24) is 15.6 Å². The first kappa shape index (κ1) is 17.3. The van der Waals surface area contributed by atoms with Gasteiger partial charge in [0.2, 0.25) is 0 Å². The van der Waals surface area contributed by atoms with Gasteiger partial charge >= 0.3 is 6.03 Å². The van der Waals surface area contributed by atoms with Crippen LogP contribution in [0.1, 0.15) is 23.3 Å². The van der Waals surface area contributed by atoms with Gasteiger partial charge in [0.1, 0.15) is 15.8 Å². The summed E-state index contributed by atoms with van der Waals surface area (Å²) in [6, 6.07) is 4.99. The van der Waals surface area contributed by atoms with E-state index in [1.165, 1.54) is 12.1 Å². The molecule has 2 heterocycles. The van der Waals surface area contributed by atoms with Crippen molar-refractivity contribution in [2.24, 2.45) is 5.73 Å². The van der Waals surface area contributed by atoms with Gasteiger partial charge in [-0.2, -0.15) is 0 Å². The highest BCUT2D eigenvalue weighted by Gasteiger charge is 2.23. The number of piperidine rings is 1. The maximum absolute atomic E-state index is 13.1. The number of urea groups is 1. The minimum Gasteiger partial charge on any atom is -0.351 e. The van der Waals surface area contributed by atoms with E-state index in [2.05, 4.69) is 20.9 Å². The van der Waals surface area contributed by atoms with Gasteiger partial charge in [0.15, 0.2) is 5.69 Å². The van der Waals surface area contributed by atoms with Crippen LogP contribution in [0.15, 0.2) is 24.3 Å². The molecular formula is C16H18FN5O2S. The largest absolute Gasteiger partial charge is 0.351 e. The molecule has 5 N–H and O–H groups in total. The molecular weight excluding hydrogens is 345 g/mol. The molecule has 132 valence electrons. The quantitative estimate of drug-likeness (QED) is 0.665. The second kappa shape index (κ2) is 7.58. The predicted molar refractivity (Wildman–Crippen MR) is 94.1 cm³/mol. The van der Waals surface area contributed by atoms with Crippen molar-refractivity contribution in [1.29, 1.82) is 0 Å². The van der Waals surface area contributed by atoms with Crippen LogP contribution in [0.3, 0.4) is 0 Å². The molecule has 25 heavy (non-hydrogen) atoms. The number of nitrogens with zero attached hydrogens (tertiary/aromatic N) is 1. The zero-order valence-corrected chi connectivity index (χ0v) is 14.2. The van der Waals surface area contributed by atoms with E-state index in [1.54, 1.807) is 12.1 Å². The normalized spacial score (nSPS) is 17.1. The average Bonchev–Trinajstić information content (AvgIpc) is 2.99. The summed E-state index contributed by atoms with van der Waals surface area (Å²) in [4.78, 5) is 28.1. The number of amides is 3. The molecule has 3 rings (SSSR count). The van der Waals surface area contributed by atoms with Gasteiger partial charge in [0.25, 0.3) is 5.91 Å². The molecule has 0 bridgehead atoms. The molecule has 9 heteroatoms. The number of nitrogens with one attached hydrogen (secondary N) is 3. The Balaban J connectivity index is 1.86. The third-order valence-corrected chi connectivity index (χ3v) is 4.82. The van der Waals surface area contributed by atoms with E-state index in [-0.39, 0.29) is 28.5 Å². The van der Waals surface area contributed by atoms with Crippen LogP contribution < -0.4 is 21.7 Å². The van der Waals surface area contributed by atoms with Crippen molar-refractivity contribution in [3.8, 4) is 10.6 Å². The van der Waals surface area contributed by atoms with E-state index in [4.69, 9.17) is 5.73 Å². The molecule has 7 nitrogen and oxygen atoms in total. The van der Waals surface area contributed by atoms with E-state index in [1.807, 2.05) is 0 Å². The Bertz CT molecular complexity index is 771. The number of rotatable bonds is 4. The Morgan fingerprint density at radius 2 is 2.08 bits per heavy atom. The Morgan fingerprint density at radius 1 is 1.32 bits per heavy atom. The summed E-state index contributed by atoms with van der Waals surface area (Å²) < 4.78 is 13.1. The topological polar surface area (TPSA) is 109 Å². The number of benzene rings is 1. The fourth-order valence-corrected chi connectivity index (χ4v) is 3.59. The first-order chi connectivity index (χ1) is 12.0. The monoisotopic (exact) mass is 363 g/mol. The molecule has 0 unspecified atom stereocenters. The van der Waals surface area contributed by atoms with Crippen LogP contribution in [0.4, 0.5) is 14.2 Å². The predicted octanol–water partition coefficient (Wildman–Crippen LogP) is 1.92. The van der Waals surface area contributed by atoms with Gasteiger partial charge < -0.3 is 16.4 Å². The van der Waals surface area contributed by atoms with Gasteiger partial charge in [-0.3, -0.25) is 10.1 Å². The summed E-state index contributed by atoms with van der Waals surface area (Å²) in [5.41, 5.74) is 5.94. The van der Waals surface area contributed by atoms with Gasteiger partial charge in [-0.1, -0.05) is 11.3 Å². The van der Waals surface area contributed by atoms with Crippen LogP contribution in [0.25, 0.3) is 10.6 Å². The average molecular weight is 363 g/mol. The summed E-state index contributed by atoms with van der Waals surface area (Å²) in [6.07, 6.45) is 1.86. The molecule has 0 radical (unpaired) electrons. The number of carbonyl (C=O) groups is 2. The van der Waals surface area contributed by atoms with Crippen LogP contribution in [0, 0.1) is 5.82 Å². The molecule has 0 spiro atoms. The summed E-state index contributed by atoms with van der Waals surface area (Å²) in [5, 5.41) is 9.34. The van der Waals surface area contributed by atoms with E-state index < -0.39 is 6.03 Å². The third kappa shape index (κ3) is 4.31. The second-order valence-electron chi connectivity index (χ2n) is 5.71. The highest BCUT2D eigenvalue weighted by Crippen LogP contribution is 2.32. The van der Waals surface area contributed by atoms with Crippen LogP contribution in [-0.2, 0) is 0 Å². The number of thiazole rings is 1. The summed E-state index contributed by atoms with van der Waals surface area (Å²) >= 11 is 1.12. The second-order valence-corrected chi connectivity index (χ2v) is 6.71. The van der Waals surface area contributed by atoms with Crippen molar-refractivity contribution >= 4 is 28.3 Å². The number of aromatic nitrogens is 1. The fraction of sp³-hybridized carbons (Fsp3) is 0.312. The van der Waals surface area contributed by atoms with E-state index in [0.717, 1.165) is 30.7 Å². The Hall–Kier alpha value is -2.52. The number of nitrogens with two attached hydrogens (primary N) is 1. The number of halogens is 1. The van der Waals surface area contributed by atoms with E-state index >= 15 is 0 Å². The van der Waals surface area contributed by atoms with Crippen molar-refractivity contribution in [2.75, 3.05) is 18.4 Å². The van der Waals surface area contributed by atoms with E-state index in [9.17, 15) is 14.0 Å². The lowest BCUT2D eigenvalue weighted by Crippen LogP contribution is -2.45. The van der Waals surface area contributed by atoms with Crippen LogP contribution in [0.5, 0.6) is 0 Å². The third-order valence-electron chi connectivity index (χ3n) is 3.80. The SMILES string of the molecule is NC(=O)Nc1sc(-c2ccc(F)cc2)nc1C(=O)N[C@H]1CCCNC1. The van der Waals surface area contributed by atoms with E-state index in [0.29, 0.717) is 17.1 Å². The molecule has 1 saturated heterocycles. The fourth-order valence-electron chi connectivity index (χ4n) is 2.62. The lowest BCUT2D eigenvalue weighted by Gasteiger charge is -2.23. The molecule has 0 saturated carbocycles. The van der Waals surface area contributed by atoms with Crippen molar-refractivity contribution in [2.45, 2.75) is 18.9 Å². The molecule has 2 aromatic rings. The lowest BCUT2D eigenvalue weighted by atomic mass is 10.1. The smallest absolute Gasteiger partial charge is 0.317 e. The molecule has 1 aliphatic rings. The summed E-state index contributed by atoms with van der Waals surface area (Å²) in [5.74, 6) is -0.736. The minimum atomic E-state index is -0.775. The maximum Gasteiger partial charge on any atom is 0.317 e. The summed E-state index contributed by atoms with van der Waals surface area (Å²) in [6.45, 7) is 1.63. The van der Waals surface area contributed by atoms with Crippen LogP contribution >= 0.6 is 11.3 Å². The van der Waals surface area contributed by atoms with Crippen LogP contribution in [-0.4, -0.2) is 36.1 Å². The molecule has 1 atom stereocenters. The number of primary amides is 1. The van der Waals surface area contributed by atoms with Crippen molar-refractivity contribution in [3.05, 3.63) is 35.8 Å².